The maximum absolute atomic E-state index is 13.3. The van der Waals surface area contributed by atoms with Gasteiger partial charge in [0.1, 0.15) is 11.5 Å². The van der Waals surface area contributed by atoms with E-state index in [1.54, 1.807) is 0 Å². The van der Waals surface area contributed by atoms with E-state index >= 15 is 0 Å². The van der Waals surface area contributed by atoms with Crippen molar-refractivity contribution < 1.29 is 13.6 Å². The summed E-state index contributed by atoms with van der Waals surface area (Å²) in [5.41, 5.74) is 2.27. The molecule has 0 fully saturated rings. The standard InChI is InChI=1S/C22H27O3P/c1-4-7-18-26(23,24-21-14-10-19(8-5-2)11-15-21)25-22-16-12-20(9-6-3)13-17-22/h5-6,10-17H,2-4,7-9,18H2,1H3. The molecular weight excluding hydrogens is 343 g/mol. The van der Waals surface area contributed by atoms with E-state index in [4.69, 9.17) is 9.05 Å². The molecule has 0 atom stereocenters. The lowest BCUT2D eigenvalue weighted by Crippen LogP contribution is -2.05. The van der Waals surface area contributed by atoms with Gasteiger partial charge in [-0.25, -0.2) is 4.57 Å². The Labute approximate surface area is 156 Å². The third kappa shape index (κ3) is 6.24. The molecule has 0 radical (unpaired) electrons. The van der Waals surface area contributed by atoms with Crippen LogP contribution < -0.4 is 9.05 Å². The fourth-order valence-electron chi connectivity index (χ4n) is 2.49. The minimum absolute atomic E-state index is 0.381. The Bertz CT molecular complexity index is 688. The minimum atomic E-state index is -3.28. The summed E-state index contributed by atoms with van der Waals surface area (Å²) in [6.45, 7) is 9.52. The summed E-state index contributed by atoms with van der Waals surface area (Å²) >= 11 is 0. The number of hydrogen-bond donors (Lipinski definition) is 0. The Hall–Kier alpha value is -2.25. The molecule has 0 amide bonds. The second kappa shape index (κ2) is 10.0. The number of benzene rings is 2. The summed E-state index contributed by atoms with van der Waals surface area (Å²) in [5, 5.41) is 0. The maximum atomic E-state index is 13.3. The normalized spacial score (nSPS) is 11.0. The Morgan fingerprint density at radius 1 is 0.846 bits per heavy atom. The molecule has 2 aromatic carbocycles. The third-order valence-electron chi connectivity index (χ3n) is 3.88. The van der Waals surface area contributed by atoms with E-state index in [1.165, 1.54) is 0 Å². The van der Waals surface area contributed by atoms with Crippen LogP contribution in [0.3, 0.4) is 0 Å². The predicted octanol–water partition coefficient (Wildman–Crippen LogP) is 6.59. The highest BCUT2D eigenvalue weighted by atomic mass is 31.2. The van der Waals surface area contributed by atoms with Crippen LogP contribution in [0.2, 0.25) is 0 Å². The first-order valence-corrected chi connectivity index (χ1v) is 10.7. The van der Waals surface area contributed by atoms with Gasteiger partial charge in [0.05, 0.1) is 6.16 Å². The molecule has 0 spiro atoms. The lowest BCUT2D eigenvalue weighted by atomic mass is 10.1. The minimum Gasteiger partial charge on any atom is -0.416 e. The fraction of sp³-hybridized carbons (Fsp3) is 0.273. The van der Waals surface area contributed by atoms with E-state index in [0.29, 0.717) is 17.7 Å². The lowest BCUT2D eigenvalue weighted by Gasteiger charge is -2.20. The third-order valence-corrected chi connectivity index (χ3v) is 5.72. The average molecular weight is 370 g/mol. The summed E-state index contributed by atoms with van der Waals surface area (Å²) in [6, 6.07) is 15.1. The van der Waals surface area contributed by atoms with Crippen molar-refractivity contribution in [1.29, 1.82) is 0 Å². The summed E-state index contributed by atoms with van der Waals surface area (Å²) in [6.07, 6.45) is 7.37. The van der Waals surface area contributed by atoms with Gasteiger partial charge in [0.25, 0.3) is 0 Å². The first kappa shape index (κ1) is 20.1. The van der Waals surface area contributed by atoms with Gasteiger partial charge in [-0.1, -0.05) is 49.8 Å². The van der Waals surface area contributed by atoms with Crippen molar-refractivity contribution in [3.05, 3.63) is 85.0 Å². The van der Waals surface area contributed by atoms with Crippen molar-refractivity contribution in [2.75, 3.05) is 6.16 Å². The van der Waals surface area contributed by atoms with Gasteiger partial charge in [0.15, 0.2) is 0 Å². The molecule has 0 heterocycles. The Morgan fingerprint density at radius 2 is 1.27 bits per heavy atom. The molecule has 0 saturated carbocycles. The summed E-state index contributed by atoms with van der Waals surface area (Å²) in [7, 11) is -3.28. The van der Waals surface area contributed by atoms with E-state index in [0.717, 1.165) is 36.8 Å². The highest BCUT2D eigenvalue weighted by Gasteiger charge is 2.27. The van der Waals surface area contributed by atoms with Crippen LogP contribution in [0.1, 0.15) is 30.9 Å². The van der Waals surface area contributed by atoms with Gasteiger partial charge < -0.3 is 9.05 Å². The zero-order chi connectivity index (χ0) is 18.8. The van der Waals surface area contributed by atoms with Crippen LogP contribution in [-0.2, 0) is 17.4 Å². The molecule has 138 valence electrons. The van der Waals surface area contributed by atoms with Crippen molar-refractivity contribution in [2.45, 2.75) is 32.6 Å². The van der Waals surface area contributed by atoms with Crippen LogP contribution in [0.4, 0.5) is 0 Å². The van der Waals surface area contributed by atoms with E-state index in [9.17, 15) is 4.57 Å². The quantitative estimate of drug-likeness (QED) is 0.330. The van der Waals surface area contributed by atoms with Crippen molar-refractivity contribution in [1.82, 2.24) is 0 Å². The van der Waals surface area contributed by atoms with Crippen LogP contribution in [0.5, 0.6) is 11.5 Å². The number of hydrogen-bond acceptors (Lipinski definition) is 3. The summed E-state index contributed by atoms with van der Waals surface area (Å²) in [5.74, 6) is 1.11. The van der Waals surface area contributed by atoms with Gasteiger partial charge in [-0.2, -0.15) is 0 Å². The molecule has 0 aliphatic heterocycles. The van der Waals surface area contributed by atoms with E-state index in [1.807, 2.05) is 60.7 Å². The second-order valence-corrected chi connectivity index (χ2v) is 8.18. The number of rotatable bonds is 11. The zero-order valence-corrected chi connectivity index (χ0v) is 16.3. The first-order valence-electron chi connectivity index (χ1n) is 8.96. The number of unbranched alkanes of at least 4 members (excludes halogenated alkanes) is 1. The SMILES string of the molecule is C=CCc1ccc(OP(=O)(CCCC)Oc2ccc(CC=C)cc2)cc1. The van der Waals surface area contributed by atoms with E-state index in [-0.39, 0.29) is 0 Å². The topological polar surface area (TPSA) is 35.5 Å². The zero-order valence-electron chi connectivity index (χ0n) is 15.4. The molecule has 26 heavy (non-hydrogen) atoms. The predicted molar refractivity (Wildman–Crippen MR) is 109 cm³/mol. The van der Waals surface area contributed by atoms with Crippen LogP contribution in [0, 0.1) is 0 Å². The van der Waals surface area contributed by atoms with Gasteiger partial charge in [0.2, 0.25) is 0 Å². The number of allylic oxidation sites excluding steroid dienone is 2. The fourth-order valence-corrected chi connectivity index (χ4v) is 4.30. The summed E-state index contributed by atoms with van der Waals surface area (Å²) in [4.78, 5) is 0. The Morgan fingerprint density at radius 3 is 1.62 bits per heavy atom. The van der Waals surface area contributed by atoms with Crippen LogP contribution in [0.25, 0.3) is 0 Å². The molecule has 0 aromatic heterocycles. The van der Waals surface area contributed by atoms with Crippen LogP contribution >= 0.6 is 7.60 Å². The Balaban J connectivity index is 2.13. The molecule has 3 nitrogen and oxygen atoms in total. The smallest absolute Gasteiger partial charge is 0.416 e. The highest BCUT2D eigenvalue weighted by Crippen LogP contribution is 2.49. The second-order valence-electron chi connectivity index (χ2n) is 6.14. The van der Waals surface area contributed by atoms with Crippen LogP contribution in [-0.4, -0.2) is 6.16 Å². The Kier molecular flexibility index (Phi) is 7.74. The summed E-state index contributed by atoms with van der Waals surface area (Å²) < 4.78 is 24.9. The van der Waals surface area contributed by atoms with Gasteiger partial charge in [-0.15, -0.1) is 13.2 Å². The molecule has 2 rings (SSSR count). The molecule has 0 N–H and O–H groups in total. The van der Waals surface area contributed by atoms with E-state index < -0.39 is 7.60 Å². The molecular formula is C22H27O3P. The largest absolute Gasteiger partial charge is 0.430 e. The molecule has 0 unspecified atom stereocenters. The van der Waals surface area contributed by atoms with Crippen molar-refractivity contribution >= 4 is 7.60 Å². The first-order chi connectivity index (χ1) is 12.6. The molecule has 0 saturated heterocycles. The van der Waals surface area contributed by atoms with Crippen molar-refractivity contribution in [3.63, 3.8) is 0 Å². The van der Waals surface area contributed by atoms with Crippen molar-refractivity contribution in [3.8, 4) is 11.5 Å². The monoisotopic (exact) mass is 370 g/mol. The molecule has 0 aliphatic carbocycles. The molecule has 0 aliphatic rings. The lowest BCUT2D eigenvalue weighted by molar-refractivity contribution is 0.384. The maximum Gasteiger partial charge on any atom is 0.430 e. The van der Waals surface area contributed by atoms with Gasteiger partial charge >= 0.3 is 7.60 Å². The molecule has 0 bridgehead atoms. The average Bonchev–Trinajstić information content (AvgIpc) is 2.64. The molecule has 4 heteroatoms. The van der Waals surface area contributed by atoms with Crippen molar-refractivity contribution in [2.24, 2.45) is 0 Å². The van der Waals surface area contributed by atoms with E-state index in [2.05, 4.69) is 20.1 Å². The molecule has 2 aromatic rings. The highest BCUT2D eigenvalue weighted by molar-refractivity contribution is 7.54. The van der Waals surface area contributed by atoms with Crippen LogP contribution in [0.15, 0.2) is 73.8 Å². The van der Waals surface area contributed by atoms with Gasteiger partial charge in [0, 0.05) is 0 Å². The van der Waals surface area contributed by atoms with Gasteiger partial charge in [-0.3, -0.25) is 0 Å². The van der Waals surface area contributed by atoms with Gasteiger partial charge in [-0.05, 0) is 54.7 Å².